The number of hydrogen-bond acceptors (Lipinski definition) is 8. The SMILES string of the molecule is O=S(=O)(Nc1nccs1)c1ccc(Nc2nccc(-c3cccs3)n2)cc1. The van der Waals surface area contributed by atoms with Crippen LogP contribution in [-0.2, 0) is 10.0 Å². The normalized spacial score (nSPS) is 11.3. The summed E-state index contributed by atoms with van der Waals surface area (Å²) in [6, 6.07) is 12.2. The van der Waals surface area contributed by atoms with Crippen LogP contribution in [0.4, 0.5) is 16.8 Å². The summed E-state index contributed by atoms with van der Waals surface area (Å²) in [4.78, 5) is 13.8. The third-order valence-electron chi connectivity index (χ3n) is 3.50. The molecular formula is C17H13N5O2S3. The molecule has 0 atom stereocenters. The summed E-state index contributed by atoms with van der Waals surface area (Å²) in [5, 5.41) is 7.11. The third-order valence-corrected chi connectivity index (χ3v) is 6.57. The van der Waals surface area contributed by atoms with E-state index in [1.165, 1.54) is 23.5 Å². The van der Waals surface area contributed by atoms with Gasteiger partial charge < -0.3 is 5.32 Å². The highest BCUT2D eigenvalue weighted by molar-refractivity contribution is 7.93. The van der Waals surface area contributed by atoms with Crippen LogP contribution in [0.25, 0.3) is 10.6 Å². The summed E-state index contributed by atoms with van der Waals surface area (Å²) in [6.45, 7) is 0. The van der Waals surface area contributed by atoms with Crippen molar-refractivity contribution in [2.45, 2.75) is 4.90 Å². The fourth-order valence-electron chi connectivity index (χ4n) is 2.27. The van der Waals surface area contributed by atoms with Crippen LogP contribution in [0, 0.1) is 0 Å². The van der Waals surface area contributed by atoms with Crippen molar-refractivity contribution in [3.63, 3.8) is 0 Å². The van der Waals surface area contributed by atoms with E-state index in [-0.39, 0.29) is 4.90 Å². The number of rotatable bonds is 6. The zero-order valence-electron chi connectivity index (χ0n) is 13.7. The molecule has 136 valence electrons. The zero-order valence-corrected chi connectivity index (χ0v) is 16.2. The molecule has 0 aliphatic rings. The smallest absolute Gasteiger partial charge is 0.263 e. The number of benzene rings is 1. The molecule has 0 amide bonds. The Morgan fingerprint density at radius 3 is 2.44 bits per heavy atom. The molecule has 0 aliphatic carbocycles. The van der Waals surface area contributed by atoms with Gasteiger partial charge in [0.15, 0.2) is 5.13 Å². The lowest BCUT2D eigenvalue weighted by molar-refractivity contribution is 0.601. The molecule has 27 heavy (non-hydrogen) atoms. The van der Waals surface area contributed by atoms with Gasteiger partial charge in [-0.05, 0) is 41.8 Å². The van der Waals surface area contributed by atoms with Crippen LogP contribution in [0.5, 0.6) is 0 Å². The third kappa shape index (κ3) is 4.13. The molecule has 3 heterocycles. The van der Waals surface area contributed by atoms with Crippen molar-refractivity contribution < 1.29 is 8.42 Å². The number of thiophene rings is 1. The Labute approximate surface area is 163 Å². The van der Waals surface area contributed by atoms with Crippen molar-refractivity contribution in [1.29, 1.82) is 0 Å². The van der Waals surface area contributed by atoms with Gasteiger partial charge >= 0.3 is 0 Å². The van der Waals surface area contributed by atoms with Gasteiger partial charge in [-0.3, -0.25) is 4.72 Å². The van der Waals surface area contributed by atoms with E-state index in [1.54, 1.807) is 41.2 Å². The highest BCUT2D eigenvalue weighted by atomic mass is 32.2. The van der Waals surface area contributed by atoms with Crippen molar-refractivity contribution in [2.75, 3.05) is 10.0 Å². The van der Waals surface area contributed by atoms with Crippen LogP contribution >= 0.6 is 22.7 Å². The molecule has 0 unspecified atom stereocenters. The van der Waals surface area contributed by atoms with Crippen molar-refractivity contribution in [3.05, 3.63) is 65.6 Å². The van der Waals surface area contributed by atoms with E-state index < -0.39 is 10.0 Å². The molecule has 0 bridgehead atoms. The number of sulfonamides is 1. The van der Waals surface area contributed by atoms with Gasteiger partial charge in [-0.15, -0.1) is 22.7 Å². The highest BCUT2D eigenvalue weighted by Gasteiger charge is 2.15. The molecule has 10 heteroatoms. The molecule has 7 nitrogen and oxygen atoms in total. The number of thiazole rings is 1. The summed E-state index contributed by atoms with van der Waals surface area (Å²) in [6.07, 6.45) is 3.22. The highest BCUT2D eigenvalue weighted by Crippen LogP contribution is 2.24. The number of nitrogens with one attached hydrogen (secondary N) is 2. The van der Waals surface area contributed by atoms with Crippen LogP contribution in [0.1, 0.15) is 0 Å². The fraction of sp³-hybridized carbons (Fsp3) is 0. The van der Waals surface area contributed by atoms with Crippen molar-refractivity contribution in [2.24, 2.45) is 0 Å². The largest absolute Gasteiger partial charge is 0.324 e. The maximum absolute atomic E-state index is 12.4. The van der Waals surface area contributed by atoms with E-state index in [0.717, 1.165) is 10.6 Å². The monoisotopic (exact) mass is 415 g/mol. The topological polar surface area (TPSA) is 96.9 Å². The van der Waals surface area contributed by atoms with Crippen molar-refractivity contribution >= 4 is 49.5 Å². The van der Waals surface area contributed by atoms with Crippen LogP contribution in [0.2, 0.25) is 0 Å². The fourth-order valence-corrected chi connectivity index (χ4v) is 4.76. The van der Waals surface area contributed by atoms with Crippen molar-refractivity contribution in [3.8, 4) is 10.6 Å². The number of nitrogens with zero attached hydrogens (tertiary/aromatic N) is 3. The van der Waals surface area contributed by atoms with Gasteiger partial charge in [0.1, 0.15) is 0 Å². The minimum absolute atomic E-state index is 0.150. The van der Waals surface area contributed by atoms with E-state index in [4.69, 9.17) is 0 Å². The minimum Gasteiger partial charge on any atom is -0.324 e. The Bertz CT molecular complexity index is 1130. The quantitative estimate of drug-likeness (QED) is 0.490. The maximum atomic E-state index is 12.4. The molecule has 0 radical (unpaired) electrons. The first-order valence-corrected chi connectivity index (χ1v) is 11.0. The predicted molar refractivity (Wildman–Crippen MR) is 108 cm³/mol. The summed E-state index contributed by atoms with van der Waals surface area (Å²) >= 11 is 2.82. The second-order valence-corrected chi connectivity index (χ2v) is 8.86. The Kier molecular flexibility index (Phi) is 4.84. The molecule has 0 saturated heterocycles. The summed E-state index contributed by atoms with van der Waals surface area (Å²) in [5.41, 5.74) is 1.51. The lowest BCUT2D eigenvalue weighted by Gasteiger charge is -2.08. The first-order chi connectivity index (χ1) is 13.1. The molecule has 0 spiro atoms. The van der Waals surface area contributed by atoms with E-state index in [1.807, 2.05) is 23.6 Å². The minimum atomic E-state index is -3.67. The van der Waals surface area contributed by atoms with E-state index >= 15 is 0 Å². The molecule has 0 aliphatic heterocycles. The van der Waals surface area contributed by atoms with Gasteiger partial charge in [0.05, 0.1) is 15.5 Å². The summed E-state index contributed by atoms with van der Waals surface area (Å²) < 4.78 is 27.2. The van der Waals surface area contributed by atoms with Crippen LogP contribution in [0.3, 0.4) is 0 Å². The molecule has 4 rings (SSSR count). The van der Waals surface area contributed by atoms with Gasteiger partial charge in [-0.1, -0.05) is 6.07 Å². The average Bonchev–Trinajstić information content (AvgIpc) is 3.36. The van der Waals surface area contributed by atoms with Gasteiger partial charge in [-0.2, -0.15) is 0 Å². The first-order valence-electron chi connectivity index (χ1n) is 7.76. The average molecular weight is 416 g/mol. The zero-order chi connectivity index (χ0) is 18.7. The molecule has 3 aromatic heterocycles. The summed E-state index contributed by atoms with van der Waals surface area (Å²) in [7, 11) is -3.67. The standard InChI is InChI=1S/C17H13N5O2S3/c23-27(24,22-17-19-9-11-26-17)13-5-3-12(4-6-13)20-16-18-8-7-14(21-16)15-2-1-10-25-15/h1-11H,(H,19,22)(H,18,20,21). The van der Waals surface area contributed by atoms with Crippen molar-refractivity contribution in [1.82, 2.24) is 15.0 Å². The Balaban J connectivity index is 1.51. The second kappa shape index (κ2) is 7.43. The van der Waals surface area contributed by atoms with Gasteiger partial charge in [0.2, 0.25) is 5.95 Å². The molecule has 4 aromatic rings. The lowest BCUT2D eigenvalue weighted by Crippen LogP contribution is -2.12. The Morgan fingerprint density at radius 1 is 0.889 bits per heavy atom. The van der Waals surface area contributed by atoms with Crippen LogP contribution in [0.15, 0.2) is 70.5 Å². The predicted octanol–water partition coefficient (Wildman–Crippen LogP) is 4.21. The Hall–Kier alpha value is -2.82. The summed E-state index contributed by atoms with van der Waals surface area (Å²) in [5.74, 6) is 0.442. The molecule has 2 N–H and O–H groups in total. The molecule has 0 saturated carbocycles. The van der Waals surface area contributed by atoms with Gasteiger partial charge in [0, 0.05) is 23.5 Å². The van der Waals surface area contributed by atoms with E-state index in [9.17, 15) is 8.42 Å². The van der Waals surface area contributed by atoms with Gasteiger partial charge in [-0.25, -0.2) is 23.4 Å². The lowest BCUT2D eigenvalue weighted by atomic mass is 10.3. The number of anilines is 3. The van der Waals surface area contributed by atoms with Crippen LogP contribution in [-0.4, -0.2) is 23.4 Å². The van der Waals surface area contributed by atoms with Crippen LogP contribution < -0.4 is 10.0 Å². The maximum Gasteiger partial charge on any atom is 0.263 e. The molecule has 0 fully saturated rings. The molecule has 1 aromatic carbocycles. The first kappa shape index (κ1) is 17.6. The number of aromatic nitrogens is 3. The second-order valence-electron chi connectivity index (χ2n) is 5.33. The van der Waals surface area contributed by atoms with E-state index in [2.05, 4.69) is 25.0 Å². The van der Waals surface area contributed by atoms with Gasteiger partial charge in [0.25, 0.3) is 10.0 Å². The molecular weight excluding hydrogens is 402 g/mol. The van der Waals surface area contributed by atoms with E-state index in [0.29, 0.717) is 16.8 Å². The number of hydrogen-bond donors (Lipinski definition) is 2. The Morgan fingerprint density at radius 2 is 1.74 bits per heavy atom.